The summed E-state index contributed by atoms with van der Waals surface area (Å²) in [6, 6.07) is 0. The van der Waals surface area contributed by atoms with Crippen LogP contribution in [0.25, 0.3) is 0 Å². The topological polar surface area (TPSA) is 94.5 Å². The third kappa shape index (κ3) is 10.2. The minimum Gasteiger partial charge on any atom is -0.456 e. The molecule has 7 nitrogen and oxygen atoms in total. The van der Waals surface area contributed by atoms with Gasteiger partial charge in [0, 0.05) is 19.6 Å². The molecule has 7 heteroatoms. The molecular weight excluding hydrogens is 472 g/mol. The number of aliphatic hydroxyl groups excluding tert-OH is 2. The zero-order valence-electron chi connectivity index (χ0n) is 22.0. The number of esters is 1. The van der Waals surface area contributed by atoms with Gasteiger partial charge in [0.1, 0.15) is 18.3 Å². The van der Waals surface area contributed by atoms with Gasteiger partial charge in [-0.25, -0.2) is 4.79 Å². The van der Waals surface area contributed by atoms with Crippen molar-refractivity contribution >= 4 is 5.97 Å². The highest BCUT2D eigenvalue weighted by Crippen LogP contribution is 2.24. The molecule has 0 saturated heterocycles. The van der Waals surface area contributed by atoms with Crippen molar-refractivity contribution in [2.75, 3.05) is 13.7 Å². The molecule has 3 rings (SSSR count). The van der Waals surface area contributed by atoms with Crippen molar-refractivity contribution in [1.82, 2.24) is 0 Å². The quantitative estimate of drug-likeness (QED) is 0.427. The third-order valence-corrected chi connectivity index (χ3v) is 6.81. The summed E-state index contributed by atoms with van der Waals surface area (Å²) in [6.45, 7) is 6.71. The first-order valence-corrected chi connectivity index (χ1v) is 13.2. The molecule has 0 aromatic carbocycles. The number of rotatable bonds is 4. The molecule has 3 aliphatic heterocycles. The summed E-state index contributed by atoms with van der Waals surface area (Å²) in [5, 5.41) is 21.3. The molecule has 0 aliphatic carbocycles. The molecule has 204 valence electrons. The minimum absolute atomic E-state index is 0.0874. The van der Waals surface area contributed by atoms with Crippen molar-refractivity contribution in [3.63, 3.8) is 0 Å². The van der Waals surface area contributed by atoms with E-state index in [1.165, 1.54) is 11.6 Å². The van der Waals surface area contributed by atoms with Crippen LogP contribution in [0.3, 0.4) is 0 Å². The molecule has 3 aliphatic rings. The van der Waals surface area contributed by atoms with E-state index in [1.807, 2.05) is 24.3 Å². The van der Waals surface area contributed by atoms with Gasteiger partial charge in [0.2, 0.25) is 0 Å². The fourth-order valence-electron chi connectivity index (χ4n) is 4.69. The van der Waals surface area contributed by atoms with Crippen LogP contribution in [0.4, 0.5) is 0 Å². The summed E-state index contributed by atoms with van der Waals surface area (Å²) in [5.74, 6) is -0.542. The molecular formula is C30H42O7. The molecule has 3 heterocycles. The normalized spacial score (nSPS) is 35.2. The number of fused-ring (bicyclic) bond motifs is 2. The van der Waals surface area contributed by atoms with Crippen LogP contribution in [0, 0.1) is 0 Å². The maximum Gasteiger partial charge on any atom is 0.330 e. The van der Waals surface area contributed by atoms with E-state index in [0.717, 1.165) is 31.3 Å². The Morgan fingerprint density at radius 2 is 2.03 bits per heavy atom. The van der Waals surface area contributed by atoms with E-state index in [-0.39, 0.29) is 30.8 Å². The highest BCUT2D eigenvalue weighted by molar-refractivity contribution is 5.82. The lowest BCUT2D eigenvalue weighted by molar-refractivity contribution is -0.147. The second-order valence-electron chi connectivity index (χ2n) is 9.99. The number of ether oxygens (including phenoxy) is 4. The van der Waals surface area contributed by atoms with Crippen LogP contribution in [-0.2, 0) is 23.7 Å². The fourth-order valence-corrected chi connectivity index (χ4v) is 4.69. The zero-order chi connectivity index (χ0) is 26.6. The van der Waals surface area contributed by atoms with Gasteiger partial charge in [-0.15, -0.1) is 0 Å². The molecule has 2 bridgehead atoms. The Bertz CT molecular complexity index is 900. The maximum atomic E-state index is 12.6. The molecule has 37 heavy (non-hydrogen) atoms. The predicted molar refractivity (Wildman–Crippen MR) is 143 cm³/mol. The average Bonchev–Trinajstić information content (AvgIpc) is 2.86. The summed E-state index contributed by atoms with van der Waals surface area (Å²) in [7, 11) is 1.67. The number of hydrogen-bond acceptors (Lipinski definition) is 7. The first-order valence-electron chi connectivity index (χ1n) is 13.2. The van der Waals surface area contributed by atoms with Gasteiger partial charge in [0.05, 0.1) is 31.0 Å². The largest absolute Gasteiger partial charge is 0.456 e. The van der Waals surface area contributed by atoms with Crippen LogP contribution in [-0.4, -0.2) is 72.6 Å². The maximum absolute atomic E-state index is 12.6. The number of aliphatic hydroxyl groups is 2. The summed E-state index contributed by atoms with van der Waals surface area (Å²) in [4.78, 5) is 12.6. The van der Waals surface area contributed by atoms with E-state index in [1.54, 1.807) is 31.4 Å². The van der Waals surface area contributed by atoms with Gasteiger partial charge in [0.15, 0.2) is 0 Å². The molecule has 0 radical (unpaired) electrons. The molecule has 0 aromatic heterocycles. The number of carbonyl (C=O) groups excluding carboxylic acids is 1. The molecule has 7 unspecified atom stereocenters. The fraction of sp³-hybridized carbons (Fsp3) is 0.567. The summed E-state index contributed by atoms with van der Waals surface area (Å²) in [5.41, 5.74) is 2.20. The minimum atomic E-state index is -1.02. The highest BCUT2D eigenvalue weighted by Gasteiger charge is 2.27. The van der Waals surface area contributed by atoms with Crippen LogP contribution in [0.15, 0.2) is 72.4 Å². The van der Waals surface area contributed by atoms with Crippen LogP contribution in [0.5, 0.6) is 0 Å². The smallest absolute Gasteiger partial charge is 0.330 e. The van der Waals surface area contributed by atoms with Crippen molar-refractivity contribution in [1.29, 1.82) is 0 Å². The Kier molecular flexibility index (Phi) is 12.0. The monoisotopic (exact) mass is 514 g/mol. The molecule has 0 saturated carbocycles. The summed E-state index contributed by atoms with van der Waals surface area (Å²) in [6.07, 6.45) is 17.4. The Morgan fingerprint density at radius 1 is 1.19 bits per heavy atom. The first kappa shape index (κ1) is 29.3. The van der Waals surface area contributed by atoms with E-state index >= 15 is 0 Å². The van der Waals surface area contributed by atoms with Crippen molar-refractivity contribution in [3.8, 4) is 0 Å². The van der Waals surface area contributed by atoms with Crippen molar-refractivity contribution in [3.05, 3.63) is 72.4 Å². The SMILES string of the molecule is C=C1CCCC2OC(C=CC2OC)C/C=C\C(=O)OC(C(O)/C=C/C2CC(C)=CCO2)C/C=C\C(O)C1. The number of carbonyl (C=O) groups is 1. The summed E-state index contributed by atoms with van der Waals surface area (Å²) >= 11 is 0. The van der Waals surface area contributed by atoms with Gasteiger partial charge < -0.3 is 29.2 Å². The van der Waals surface area contributed by atoms with Crippen molar-refractivity contribution in [2.45, 2.75) is 94.6 Å². The van der Waals surface area contributed by atoms with E-state index in [9.17, 15) is 15.0 Å². The van der Waals surface area contributed by atoms with Crippen LogP contribution >= 0.6 is 0 Å². The molecule has 0 spiro atoms. The molecule has 0 amide bonds. The van der Waals surface area contributed by atoms with Crippen molar-refractivity contribution < 1.29 is 34.0 Å². The Morgan fingerprint density at radius 3 is 2.81 bits per heavy atom. The molecule has 2 N–H and O–H groups in total. The molecule has 7 atom stereocenters. The number of methoxy groups -OCH3 is 1. The second-order valence-corrected chi connectivity index (χ2v) is 9.99. The van der Waals surface area contributed by atoms with Gasteiger partial charge in [-0.2, -0.15) is 0 Å². The summed E-state index contributed by atoms with van der Waals surface area (Å²) < 4.78 is 23.1. The Hall–Kier alpha value is -2.29. The number of cyclic esters (lactones) is 1. The van der Waals surface area contributed by atoms with Crippen LogP contribution in [0.1, 0.15) is 51.9 Å². The van der Waals surface area contributed by atoms with Crippen molar-refractivity contribution in [2.24, 2.45) is 0 Å². The third-order valence-electron chi connectivity index (χ3n) is 6.81. The second kappa shape index (κ2) is 15.2. The van der Waals surface area contributed by atoms with Gasteiger partial charge in [0.25, 0.3) is 0 Å². The predicted octanol–water partition coefficient (Wildman–Crippen LogP) is 4.27. The highest BCUT2D eigenvalue weighted by atomic mass is 16.6. The van der Waals surface area contributed by atoms with Crippen LogP contribution in [0.2, 0.25) is 0 Å². The standard InChI is InChI=1S/C30H42O7/c1-21-7-4-11-29-28(34-3)16-14-24(36-29)9-6-12-30(33)37-27(10-5-8-23(31)19-21)26(32)15-13-25-20-22(2)17-18-35-25/h5-6,8,12-17,23-29,31-32H,1,4,7,9-11,18-20H2,2-3H3/b8-5-,12-6-,15-13+. The lowest BCUT2D eigenvalue weighted by Gasteiger charge is -2.31. The Labute approximate surface area is 220 Å². The van der Waals surface area contributed by atoms with E-state index < -0.39 is 24.3 Å². The van der Waals surface area contributed by atoms with Gasteiger partial charge in [-0.3, -0.25) is 0 Å². The van der Waals surface area contributed by atoms with Gasteiger partial charge in [-0.05, 0) is 45.4 Å². The lowest BCUT2D eigenvalue weighted by Crippen LogP contribution is -2.36. The van der Waals surface area contributed by atoms with E-state index in [4.69, 9.17) is 18.9 Å². The van der Waals surface area contributed by atoms with Gasteiger partial charge in [-0.1, -0.05) is 66.3 Å². The van der Waals surface area contributed by atoms with E-state index in [2.05, 4.69) is 13.5 Å². The van der Waals surface area contributed by atoms with E-state index in [0.29, 0.717) is 19.4 Å². The lowest BCUT2D eigenvalue weighted by atomic mass is 9.98. The first-order chi connectivity index (χ1) is 17.8. The van der Waals surface area contributed by atoms with Crippen LogP contribution < -0.4 is 0 Å². The molecule has 0 fully saturated rings. The zero-order valence-corrected chi connectivity index (χ0v) is 22.0. The molecule has 0 aromatic rings. The average molecular weight is 515 g/mol. The Balaban J connectivity index is 1.70. The number of hydrogen-bond donors (Lipinski definition) is 2. The van der Waals surface area contributed by atoms with Gasteiger partial charge >= 0.3 is 5.97 Å².